The molecule has 0 rings (SSSR count). The first-order chi connectivity index (χ1) is 0. The summed E-state index contributed by atoms with van der Waals surface area (Å²) in [4.78, 5) is 0. The van der Waals surface area contributed by atoms with E-state index in [0.717, 1.165) is 0 Å². The van der Waals surface area contributed by atoms with Crippen LogP contribution in [0.15, 0.2) is 0 Å². The molecule has 26 valence electrons. The Hall–Kier alpha value is 2.54. The maximum absolute atomic E-state index is 0. The SMILES string of the molecule is [Cr].[Ni].[SnH2].[Ti]. The van der Waals surface area contributed by atoms with E-state index in [0.29, 0.717) is 0 Å². The molecule has 0 saturated heterocycles. The predicted molar refractivity (Wildman–Crippen MR) is 8.54 cm³/mol. The third-order valence-corrected chi connectivity index (χ3v) is 0. The summed E-state index contributed by atoms with van der Waals surface area (Å²) in [5, 5.41) is 0. The Morgan fingerprint density at radius 3 is 1.00 bits per heavy atom. The normalized spacial score (nSPS) is 0. The average Bonchev–Trinajstić information content (AvgIpc) is 0. The van der Waals surface area contributed by atoms with E-state index in [-0.39, 0.29) is 79.5 Å². The van der Waals surface area contributed by atoms with Crippen molar-refractivity contribution < 1.29 is 55.6 Å². The van der Waals surface area contributed by atoms with Gasteiger partial charge in [-0.3, -0.25) is 0 Å². The summed E-state index contributed by atoms with van der Waals surface area (Å²) < 4.78 is 0. The molecule has 0 aliphatic rings. The zero-order valence-electron chi connectivity index (χ0n) is 1.93. The standard InChI is InChI=1S/Cr.Ni.Sn.Ti.2H. The Morgan fingerprint density at radius 2 is 1.00 bits per heavy atom. The Morgan fingerprint density at radius 1 is 1.00 bits per heavy atom. The maximum atomic E-state index is 0. The van der Waals surface area contributed by atoms with E-state index < -0.39 is 0 Å². The van der Waals surface area contributed by atoms with Crippen LogP contribution in [0.2, 0.25) is 0 Å². The molecule has 4 heavy (non-hydrogen) atoms. The van der Waals surface area contributed by atoms with E-state index in [2.05, 4.69) is 0 Å². The second kappa shape index (κ2) is 17.7. The van der Waals surface area contributed by atoms with Crippen LogP contribution in [0.4, 0.5) is 0 Å². The fraction of sp³-hybridized carbons (Fsp3) is 0. The van der Waals surface area contributed by atoms with E-state index in [4.69, 9.17) is 0 Å². The van der Waals surface area contributed by atoms with E-state index in [1.807, 2.05) is 0 Å². The van der Waals surface area contributed by atoms with Gasteiger partial charge in [-0.2, -0.15) is 0 Å². The Labute approximate surface area is 78.4 Å². The van der Waals surface area contributed by atoms with E-state index in [1.165, 1.54) is 0 Å². The number of hydrogen-bond acceptors (Lipinski definition) is 0. The van der Waals surface area contributed by atoms with Gasteiger partial charge in [0.1, 0.15) is 0 Å². The molecule has 0 fully saturated rings. The van der Waals surface area contributed by atoms with Crippen molar-refractivity contribution in [1.29, 1.82) is 0 Å². The monoisotopic (exact) mass is 280 g/mol. The second-order valence-corrected chi connectivity index (χ2v) is 0. The van der Waals surface area contributed by atoms with Crippen molar-refractivity contribution in [3.63, 3.8) is 0 Å². The summed E-state index contributed by atoms with van der Waals surface area (Å²) in [7, 11) is 0. The number of rotatable bonds is 0. The van der Waals surface area contributed by atoms with Gasteiger partial charge in [0.2, 0.25) is 0 Å². The first kappa shape index (κ1) is 31.1. The van der Waals surface area contributed by atoms with Crippen LogP contribution in [0.25, 0.3) is 0 Å². The smallest absolute Gasteiger partial charge is 0 e. The first-order valence-electron chi connectivity index (χ1n) is 0. The van der Waals surface area contributed by atoms with Crippen molar-refractivity contribution in [2.45, 2.75) is 0 Å². The minimum absolute atomic E-state index is 0. The molecule has 4 heteroatoms. The predicted octanol–water partition coefficient (Wildman–Crippen LogP) is -0.924. The van der Waals surface area contributed by atoms with Crippen molar-refractivity contribution in [3.05, 3.63) is 0 Å². The van der Waals surface area contributed by atoms with Crippen molar-refractivity contribution >= 4 is 23.9 Å². The van der Waals surface area contributed by atoms with Gasteiger partial charge in [-0.15, -0.1) is 0 Å². The summed E-state index contributed by atoms with van der Waals surface area (Å²) in [5.74, 6) is 0. The molecule has 0 spiro atoms. The molecule has 0 aromatic carbocycles. The fourth-order valence-corrected chi connectivity index (χ4v) is 0. The molecule has 0 bridgehead atoms. The molecular weight excluding hydrogens is 277 g/mol. The molecule has 0 aromatic rings. The summed E-state index contributed by atoms with van der Waals surface area (Å²) >= 11 is 0. The van der Waals surface area contributed by atoms with Crippen molar-refractivity contribution in [2.24, 2.45) is 0 Å². The summed E-state index contributed by atoms with van der Waals surface area (Å²) in [5.41, 5.74) is 0. The van der Waals surface area contributed by atoms with Crippen molar-refractivity contribution in [3.8, 4) is 0 Å². The number of hydrogen-bond donors (Lipinski definition) is 0. The summed E-state index contributed by atoms with van der Waals surface area (Å²) in [6.07, 6.45) is 0. The minimum atomic E-state index is 0. The van der Waals surface area contributed by atoms with Crippen LogP contribution in [0.3, 0.4) is 0 Å². The van der Waals surface area contributed by atoms with Crippen molar-refractivity contribution in [1.82, 2.24) is 0 Å². The Kier molecular flexibility index (Phi) is 138. The van der Waals surface area contributed by atoms with Crippen LogP contribution in [0.1, 0.15) is 0 Å². The molecule has 0 aromatic heterocycles. The van der Waals surface area contributed by atoms with Crippen LogP contribution < -0.4 is 0 Å². The Bertz CT molecular complexity index is 8.00. The summed E-state index contributed by atoms with van der Waals surface area (Å²) in [6, 6.07) is 0. The molecule has 0 saturated carbocycles. The molecule has 0 N–H and O–H groups in total. The molecule has 0 aliphatic heterocycles. The van der Waals surface area contributed by atoms with E-state index in [9.17, 15) is 0 Å². The van der Waals surface area contributed by atoms with Crippen LogP contribution in [0.5, 0.6) is 0 Å². The summed E-state index contributed by atoms with van der Waals surface area (Å²) in [6.45, 7) is 0. The third-order valence-electron chi connectivity index (χ3n) is 0. The van der Waals surface area contributed by atoms with Gasteiger partial charge in [0, 0.05) is 55.6 Å². The Balaban J connectivity index is 0. The molecule has 0 amide bonds. The van der Waals surface area contributed by atoms with Gasteiger partial charge in [-0.25, -0.2) is 0 Å². The molecule has 2 radical (unpaired) electrons. The van der Waals surface area contributed by atoms with Crippen LogP contribution in [-0.4, -0.2) is 23.9 Å². The van der Waals surface area contributed by atoms with Gasteiger partial charge in [-0.05, 0) is 0 Å². The molecule has 0 atom stereocenters. The molecular formula is H2CrNiSnTi. The molecule has 0 unspecified atom stereocenters. The quantitative estimate of drug-likeness (QED) is 0.503. The van der Waals surface area contributed by atoms with E-state index >= 15 is 0 Å². The van der Waals surface area contributed by atoms with Crippen LogP contribution in [-0.2, 0) is 55.6 Å². The van der Waals surface area contributed by atoms with Crippen molar-refractivity contribution in [2.75, 3.05) is 0 Å². The maximum Gasteiger partial charge on any atom is 0 e. The average molecular weight is 279 g/mol. The van der Waals surface area contributed by atoms with Gasteiger partial charge in [0.15, 0.2) is 0 Å². The van der Waals surface area contributed by atoms with Gasteiger partial charge < -0.3 is 0 Å². The van der Waals surface area contributed by atoms with Crippen LogP contribution in [0, 0.1) is 0 Å². The zero-order chi connectivity index (χ0) is 0. The van der Waals surface area contributed by atoms with Gasteiger partial charge in [0.05, 0.1) is 0 Å². The molecule has 0 aliphatic carbocycles. The van der Waals surface area contributed by atoms with E-state index in [1.54, 1.807) is 0 Å². The van der Waals surface area contributed by atoms with Crippen LogP contribution >= 0.6 is 0 Å². The van der Waals surface area contributed by atoms with Gasteiger partial charge >= 0.3 is 23.9 Å². The van der Waals surface area contributed by atoms with Gasteiger partial charge in [-0.1, -0.05) is 0 Å². The fourth-order valence-electron chi connectivity index (χ4n) is 0. The topological polar surface area (TPSA) is 0 Å². The zero-order valence-corrected chi connectivity index (χ0v) is 9.79. The van der Waals surface area contributed by atoms with Gasteiger partial charge in [0.25, 0.3) is 0 Å². The largest absolute Gasteiger partial charge is 0 e. The first-order valence-corrected chi connectivity index (χ1v) is 0. The third kappa shape index (κ3) is 8.82. The molecule has 0 nitrogen and oxygen atoms in total. The molecule has 0 heterocycles. The minimum Gasteiger partial charge on any atom is 0 e. The second-order valence-electron chi connectivity index (χ2n) is 0.